The summed E-state index contributed by atoms with van der Waals surface area (Å²) in [6.45, 7) is 1.86. The molecule has 96 valence electrons. The number of hydrogen-bond donors (Lipinski definition) is 1. The van der Waals surface area contributed by atoms with E-state index >= 15 is 0 Å². The summed E-state index contributed by atoms with van der Waals surface area (Å²) >= 11 is 9.36. The van der Waals surface area contributed by atoms with Gasteiger partial charge in [-0.3, -0.25) is 9.59 Å². The zero-order valence-electron chi connectivity index (χ0n) is 9.63. The molecule has 6 heteroatoms. The van der Waals surface area contributed by atoms with Crippen LogP contribution in [-0.2, 0) is 4.79 Å². The van der Waals surface area contributed by atoms with Gasteiger partial charge in [0, 0.05) is 5.56 Å². The van der Waals surface area contributed by atoms with Gasteiger partial charge in [-0.05, 0) is 18.6 Å². The Balaban J connectivity index is 2.39. The van der Waals surface area contributed by atoms with Gasteiger partial charge in [-0.15, -0.1) is 0 Å². The average molecular weight is 333 g/mol. The highest BCUT2D eigenvalue weighted by Gasteiger charge is 2.23. The number of amides is 1. The number of Topliss-reactive ketones (excluding diaryl/α,β-unsaturated/α-hetero) is 1. The number of benzene rings is 1. The van der Waals surface area contributed by atoms with Crippen LogP contribution in [0.25, 0.3) is 0 Å². The van der Waals surface area contributed by atoms with Crippen LogP contribution in [0.2, 0.25) is 5.02 Å². The standard InChI is InChI=1S/C12H11BrClNO3/c1-2-7(13)12(17)6-3-10-9(4-8(6)14)15-11(16)5-18-10/h3-4,7H,2,5H2,1H3,(H,15,16). The Morgan fingerprint density at radius 2 is 2.33 bits per heavy atom. The largest absolute Gasteiger partial charge is 0.482 e. The van der Waals surface area contributed by atoms with E-state index < -0.39 is 0 Å². The number of nitrogens with one attached hydrogen (secondary N) is 1. The molecule has 0 radical (unpaired) electrons. The Hall–Kier alpha value is -1.07. The number of fused-ring (bicyclic) bond motifs is 1. The van der Waals surface area contributed by atoms with Crippen molar-refractivity contribution in [2.45, 2.75) is 18.2 Å². The third-order valence-electron chi connectivity index (χ3n) is 2.61. The molecule has 1 atom stereocenters. The van der Waals surface area contributed by atoms with Crippen LogP contribution in [-0.4, -0.2) is 23.1 Å². The molecule has 1 amide bonds. The van der Waals surface area contributed by atoms with Crippen LogP contribution >= 0.6 is 27.5 Å². The minimum absolute atomic E-state index is 0.0478. The summed E-state index contributed by atoms with van der Waals surface area (Å²) in [5.74, 6) is 0.147. The molecule has 0 aliphatic carbocycles. The molecule has 0 saturated heterocycles. The van der Waals surface area contributed by atoms with Crippen LogP contribution in [0.15, 0.2) is 12.1 Å². The van der Waals surface area contributed by atoms with E-state index in [-0.39, 0.29) is 23.1 Å². The van der Waals surface area contributed by atoms with Crippen molar-refractivity contribution in [3.05, 3.63) is 22.7 Å². The second kappa shape index (κ2) is 5.28. The maximum absolute atomic E-state index is 12.1. The maximum Gasteiger partial charge on any atom is 0.262 e. The first kappa shape index (κ1) is 13.4. The number of halogens is 2. The number of anilines is 1. The lowest BCUT2D eigenvalue weighted by atomic mass is 10.1. The molecule has 4 nitrogen and oxygen atoms in total. The van der Waals surface area contributed by atoms with Gasteiger partial charge in [0.25, 0.3) is 5.91 Å². The minimum Gasteiger partial charge on any atom is -0.482 e. The van der Waals surface area contributed by atoms with E-state index in [1.165, 1.54) is 6.07 Å². The van der Waals surface area contributed by atoms with Gasteiger partial charge < -0.3 is 10.1 Å². The lowest BCUT2D eigenvalue weighted by Crippen LogP contribution is -2.26. The summed E-state index contributed by atoms with van der Waals surface area (Å²) in [6, 6.07) is 3.11. The lowest BCUT2D eigenvalue weighted by Gasteiger charge is -2.19. The number of hydrogen-bond acceptors (Lipinski definition) is 3. The van der Waals surface area contributed by atoms with Crippen LogP contribution in [0.5, 0.6) is 5.75 Å². The Labute approximate surface area is 118 Å². The molecule has 0 saturated carbocycles. The van der Waals surface area contributed by atoms with Crippen LogP contribution in [0, 0.1) is 0 Å². The summed E-state index contributed by atoms with van der Waals surface area (Å²) in [6.07, 6.45) is 0.670. The number of carbonyl (C=O) groups is 2. The van der Waals surface area contributed by atoms with E-state index in [1.807, 2.05) is 6.92 Å². The third kappa shape index (κ3) is 2.52. The van der Waals surface area contributed by atoms with E-state index in [0.717, 1.165) is 0 Å². The van der Waals surface area contributed by atoms with E-state index in [4.69, 9.17) is 16.3 Å². The molecule has 1 aliphatic rings. The molecule has 18 heavy (non-hydrogen) atoms. The van der Waals surface area contributed by atoms with Gasteiger partial charge in [-0.1, -0.05) is 34.5 Å². The molecule has 1 unspecified atom stereocenters. The quantitative estimate of drug-likeness (QED) is 0.684. The van der Waals surface area contributed by atoms with Crippen molar-refractivity contribution in [1.82, 2.24) is 0 Å². The molecule has 0 fully saturated rings. The SMILES string of the molecule is CCC(Br)C(=O)c1cc2c(cc1Cl)NC(=O)CO2. The number of ketones is 1. The van der Waals surface area contributed by atoms with Crippen molar-refractivity contribution >= 4 is 44.9 Å². The number of ether oxygens (including phenoxy) is 1. The maximum atomic E-state index is 12.1. The average Bonchev–Trinajstić information content (AvgIpc) is 2.36. The number of carbonyl (C=O) groups excluding carboxylic acids is 2. The summed E-state index contributed by atoms with van der Waals surface area (Å²) in [7, 11) is 0. The molecule has 0 spiro atoms. The molecular weight excluding hydrogens is 321 g/mol. The van der Waals surface area contributed by atoms with Gasteiger partial charge >= 0.3 is 0 Å². The van der Waals surface area contributed by atoms with Crippen molar-refractivity contribution in [1.29, 1.82) is 0 Å². The van der Waals surface area contributed by atoms with Gasteiger partial charge in [0.2, 0.25) is 0 Å². The highest BCUT2D eigenvalue weighted by molar-refractivity contribution is 9.10. The summed E-state index contributed by atoms with van der Waals surface area (Å²) < 4.78 is 5.26. The summed E-state index contributed by atoms with van der Waals surface area (Å²) in [5, 5.41) is 2.95. The van der Waals surface area contributed by atoms with Crippen molar-refractivity contribution in [2.24, 2.45) is 0 Å². The van der Waals surface area contributed by atoms with Crippen LogP contribution < -0.4 is 10.1 Å². The second-order valence-corrected chi connectivity index (χ2v) is 5.42. The molecular formula is C12H11BrClNO3. The van der Waals surface area contributed by atoms with E-state index in [9.17, 15) is 9.59 Å². The van der Waals surface area contributed by atoms with Crippen molar-refractivity contribution in [3.8, 4) is 5.75 Å². The van der Waals surface area contributed by atoms with Crippen molar-refractivity contribution in [3.63, 3.8) is 0 Å². The van der Waals surface area contributed by atoms with Crippen molar-refractivity contribution in [2.75, 3.05) is 11.9 Å². The number of alkyl halides is 1. The van der Waals surface area contributed by atoms with Crippen LogP contribution in [0.4, 0.5) is 5.69 Å². The van der Waals surface area contributed by atoms with Crippen molar-refractivity contribution < 1.29 is 14.3 Å². The number of rotatable bonds is 3. The zero-order valence-corrected chi connectivity index (χ0v) is 12.0. The van der Waals surface area contributed by atoms with Crippen LogP contribution in [0.1, 0.15) is 23.7 Å². The predicted octanol–water partition coefficient (Wildman–Crippen LogP) is 3.03. The second-order valence-electron chi connectivity index (χ2n) is 3.91. The minimum atomic E-state index is -0.272. The van der Waals surface area contributed by atoms with Gasteiger partial charge in [-0.25, -0.2) is 0 Å². The van der Waals surface area contributed by atoms with Crippen LogP contribution in [0.3, 0.4) is 0 Å². The van der Waals surface area contributed by atoms with E-state index in [2.05, 4.69) is 21.2 Å². The summed E-state index contributed by atoms with van der Waals surface area (Å²) in [4.78, 5) is 23.0. The third-order valence-corrected chi connectivity index (χ3v) is 3.99. The molecule has 1 N–H and O–H groups in total. The normalized spacial score (nSPS) is 15.4. The summed E-state index contributed by atoms with van der Waals surface area (Å²) in [5.41, 5.74) is 0.894. The fourth-order valence-corrected chi connectivity index (χ4v) is 2.15. The smallest absolute Gasteiger partial charge is 0.262 e. The Morgan fingerprint density at radius 1 is 1.61 bits per heavy atom. The topological polar surface area (TPSA) is 55.4 Å². The van der Waals surface area contributed by atoms with Gasteiger partial charge in [0.1, 0.15) is 5.75 Å². The molecule has 1 aliphatic heterocycles. The van der Waals surface area contributed by atoms with Gasteiger partial charge in [-0.2, -0.15) is 0 Å². The molecule has 2 rings (SSSR count). The fraction of sp³-hybridized carbons (Fsp3) is 0.333. The molecule has 1 heterocycles. The first-order valence-corrected chi connectivity index (χ1v) is 6.76. The fourth-order valence-electron chi connectivity index (χ4n) is 1.64. The molecule has 0 aromatic heterocycles. The predicted molar refractivity (Wildman–Crippen MR) is 72.9 cm³/mol. The van der Waals surface area contributed by atoms with Gasteiger partial charge in [0.15, 0.2) is 12.4 Å². The van der Waals surface area contributed by atoms with E-state index in [0.29, 0.717) is 28.4 Å². The lowest BCUT2D eigenvalue weighted by molar-refractivity contribution is -0.118. The Morgan fingerprint density at radius 3 is 3.00 bits per heavy atom. The highest BCUT2D eigenvalue weighted by atomic mass is 79.9. The molecule has 1 aromatic rings. The first-order valence-electron chi connectivity index (χ1n) is 5.47. The Bertz CT molecular complexity index is 518. The first-order chi connectivity index (χ1) is 8.52. The monoisotopic (exact) mass is 331 g/mol. The zero-order chi connectivity index (χ0) is 13.3. The van der Waals surface area contributed by atoms with E-state index in [1.54, 1.807) is 6.07 Å². The highest BCUT2D eigenvalue weighted by Crippen LogP contribution is 2.34. The Kier molecular flexibility index (Phi) is 3.92. The molecule has 0 bridgehead atoms. The molecule has 1 aromatic carbocycles. The van der Waals surface area contributed by atoms with Gasteiger partial charge in [0.05, 0.1) is 15.5 Å².